The molecule has 0 radical (unpaired) electrons. The second-order valence-corrected chi connectivity index (χ2v) is 15.4. The summed E-state index contributed by atoms with van der Waals surface area (Å²) in [6, 6.07) is 10.2. The molecule has 2 fully saturated rings. The second kappa shape index (κ2) is 22.6. The van der Waals surface area contributed by atoms with E-state index in [-0.39, 0.29) is 43.1 Å². The number of Topliss-reactive ketones (excluding diaryl/α,β-unsaturated/α-hetero) is 1. The smallest absolute Gasteiger partial charge is 0.290 e. The van der Waals surface area contributed by atoms with Crippen molar-refractivity contribution in [3.05, 3.63) is 65.2 Å². The number of carbonyl (C=O) groups excluding carboxylic acids is 7. The molecule has 2 aliphatic rings. The monoisotopic (exact) mass is 804 g/mol. The molecule has 0 bridgehead atoms. The number of likely N-dealkylation sites (tertiary alicyclic amines) is 1. The molecule has 4 atom stereocenters. The number of hydrogen-bond donors (Lipinski definition) is 5. The standard InChI is InChI=1S/C43H60N6O9/c1-5-14-32(39(53)41(55)44-27-36(52)47-37(42(56)48(3)4)30-15-8-6-9-16-30)45-40(54)33-19-12-22-49(33)43(57)38(31-17-10-7-11-18-31)46-35(51)26-29-21-20-28(2)34(25-29)58-24-13-23-50/h6,8-9,15-16,20-21,25,31-33,37-38,50H,5,7,10-14,17-19,22-24,26-27H2,1-4H3,(H,44,55)(H,45,54)(H,46,51)(H,47,52)/t32-,33-,37-,38-/m0/s1. The first-order chi connectivity index (χ1) is 27.8. The van der Waals surface area contributed by atoms with E-state index in [0.29, 0.717) is 55.7 Å². The lowest BCUT2D eigenvalue weighted by atomic mass is 9.83. The first kappa shape index (κ1) is 45.4. The van der Waals surface area contributed by atoms with Crippen molar-refractivity contribution in [2.24, 2.45) is 5.92 Å². The third kappa shape index (κ3) is 12.9. The molecular weight excluding hydrogens is 745 g/mol. The van der Waals surface area contributed by atoms with Crippen LogP contribution >= 0.6 is 0 Å². The minimum Gasteiger partial charge on any atom is -0.493 e. The van der Waals surface area contributed by atoms with Crippen molar-refractivity contribution in [3.8, 4) is 5.75 Å². The number of likely N-dealkylation sites (N-methyl/N-ethyl adjacent to an activating group) is 1. The third-order valence-electron chi connectivity index (χ3n) is 10.7. The molecule has 2 aromatic rings. The number of aryl methyl sites for hydroxylation is 1. The van der Waals surface area contributed by atoms with Gasteiger partial charge in [-0.3, -0.25) is 33.6 Å². The fraction of sp³-hybridized carbons (Fsp3) is 0.558. The largest absolute Gasteiger partial charge is 0.493 e. The number of hydrogen-bond acceptors (Lipinski definition) is 9. The number of rotatable bonds is 20. The van der Waals surface area contributed by atoms with Crippen LogP contribution in [0.25, 0.3) is 0 Å². The normalized spacial score (nSPS) is 17.0. The molecular formula is C43H60N6O9. The summed E-state index contributed by atoms with van der Waals surface area (Å²) >= 11 is 0. The van der Waals surface area contributed by atoms with E-state index in [4.69, 9.17) is 9.84 Å². The summed E-state index contributed by atoms with van der Waals surface area (Å²) in [4.78, 5) is 96.6. The highest BCUT2D eigenvalue weighted by atomic mass is 16.5. The summed E-state index contributed by atoms with van der Waals surface area (Å²) in [6.07, 6.45) is 6.39. The van der Waals surface area contributed by atoms with Crippen molar-refractivity contribution < 1.29 is 43.4 Å². The van der Waals surface area contributed by atoms with E-state index in [9.17, 15) is 33.6 Å². The quantitative estimate of drug-likeness (QED) is 0.0983. The predicted octanol–water partition coefficient (Wildman–Crippen LogP) is 2.27. The predicted molar refractivity (Wildman–Crippen MR) is 216 cm³/mol. The summed E-state index contributed by atoms with van der Waals surface area (Å²) in [7, 11) is 3.12. The van der Waals surface area contributed by atoms with Gasteiger partial charge in [0.2, 0.25) is 35.3 Å². The third-order valence-corrected chi connectivity index (χ3v) is 10.7. The lowest BCUT2D eigenvalue weighted by molar-refractivity contribution is -0.144. The highest BCUT2D eigenvalue weighted by Gasteiger charge is 2.42. The van der Waals surface area contributed by atoms with Gasteiger partial charge in [-0.2, -0.15) is 0 Å². The molecule has 58 heavy (non-hydrogen) atoms. The van der Waals surface area contributed by atoms with Crippen LogP contribution in [-0.4, -0.2) is 115 Å². The molecule has 0 unspecified atom stereocenters. The van der Waals surface area contributed by atoms with Gasteiger partial charge >= 0.3 is 0 Å². The summed E-state index contributed by atoms with van der Waals surface area (Å²) in [5.41, 5.74) is 2.16. The number of amides is 6. The average molecular weight is 805 g/mol. The number of benzene rings is 2. The Hall–Kier alpha value is -5.31. The Morgan fingerprint density at radius 3 is 2.29 bits per heavy atom. The van der Waals surface area contributed by atoms with Crippen LogP contribution in [0.3, 0.4) is 0 Å². The molecule has 1 heterocycles. The molecule has 6 amide bonds. The molecule has 316 valence electrons. The van der Waals surface area contributed by atoms with Gasteiger partial charge in [0, 0.05) is 33.7 Å². The molecule has 0 aromatic heterocycles. The van der Waals surface area contributed by atoms with Crippen LogP contribution < -0.4 is 26.0 Å². The molecule has 4 rings (SSSR count). The van der Waals surface area contributed by atoms with Gasteiger partial charge in [-0.15, -0.1) is 0 Å². The molecule has 2 aromatic carbocycles. The SMILES string of the molecule is CCC[C@H](NC(=O)[C@@H]1CCCN1C(=O)[C@@H](NC(=O)Cc1ccc(C)c(OCCCO)c1)C1CCCCC1)C(=O)C(=O)NCC(=O)N[C@H](C(=O)N(C)C)c1ccccc1. The Morgan fingerprint density at radius 2 is 1.62 bits per heavy atom. The Kier molecular flexibility index (Phi) is 17.7. The van der Waals surface area contributed by atoms with Crippen LogP contribution in [0.2, 0.25) is 0 Å². The summed E-state index contributed by atoms with van der Waals surface area (Å²) < 4.78 is 5.79. The van der Waals surface area contributed by atoms with E-state index in [1.165, 1.54) is 9.80 Å². The number of aliphatic hydroxyl groups is 1. The molecule has 1 aliphatic carbocycles. The number of ketones is 1. The van der Waals surface area contributed by atoms with Gasteiger partial charge in [-0.25, -0.2) is 0 Å². The van der Waals surface area contributed by atoms with Crippen molar-refractivity contribution in [3.63, 3.8) is 0 Å². The van der Waals surface area contributed by atoms with Crippen molar-refractivity contribution in [2.45, 2.75) is 109 Å². The number of aliphatic hydroxyl groups excluding tert-OH is 1. The van der Waals surface area contributed by atoms with Crippen LogP contribution in [-0.2, 0) is 40.0 Å². The van der Waals surface area contributed by atoms with Crippen molar-refractivity contribution in [1.82, 2.24) is 31.1 Å². The topological polar surface area (TPSA) is 204 Å². The highest BCUT2D eigenvalue weighted by molar-refractivity contribution is 6.38. The van der Waals surface area contributed by atoms with Crippen molar-refractivity contribution in [2.75, 3.05) is 40.4 Å². The average Bonchev–Trinajstić information content (AvgIpc) is 3.72. The maximum Gasteiger partial charge on any atom is 0.290 e. The number of nitrogens with zero attached hydrogens (tertiary/aromatic N) is 2. The van der Waals surface area contributed by atoms with Gasteiger partial charge < -0.3 is 40.9 Å². The second-order valence-electron chi connectivity index (χ2n) is 15.4. The minimum atomic E-state index is -1.20. The zero-order valence-electron chi connectivity index (χ0n) is 34.2. The van der Waals surface area contributed by atoms with Crippen LogP contribution in [0.15, 0.2) is 48.5 Å². The van der Waals surface area contributed by atoms with E-state index in [2.05, 4.69) is 21.3 Å². The Labute approximate surface area is 341 Å². The summed E-state index contributed by atoms with van der Waals surface area (Å²) in [6.45, 7) is 3.76. The lowest BCUT2D eigenvalue weighted by Crippen LogP contribution is -2.58. The maximum atomic E-state index is 14.3. The van der Waals surface area contributed by atoms with E-state index in [0.717, 1.165) is 37.7 Å². The van der Waals surface area contributed by atoms with Crippen LogP contribution in [0.5, 0.6) is 5.75 Å². The Balaban J connectivity index is 1.40. The zero-order valence-corrected chi connectivity index (χ0v) is 34.2. The molecule has 15 heteroatoms. The molecule has 1 aliphatic heterocycles. The number of nitrogens with one attached hydrogen (secondary N) is 4. The van der Waals surface area contributed by atoms with Gasteiger partial charge in [0.05, 0.1) is 25.6 Å². The number of carbonyl (C=O) groups is 7. The van der Waals surface area contributed by atoms with Crippen molar-refractivity contribution >= 4 is 41.2 Å². The lowest BCUT2D eigenvalue weighted by Gasteiger charge is -2.35. The molecule has 0 spiro atoms. The van der Waals surface area contributed by atoms with Crippen LogP contribution in [0.4, 0.5) is 0 Å². The maximum absolute atomic E-state index is 14.3. The van der Waals surface area contributed by atoms with Gasteiger partial charge in [-0.05, 0) is 67.7 Å². The van der Waals surface area contributed by atoms with Crippen LogP contribution in [0, 0.1) is 12.8 Å². The highest BCUT2D eigenvalue weighted by Crippen LogP contribution is 2.30. The fourth-order valence-corrected chi connectivity index (χ4v) is 7.53. The van der Waals surface area contributed by atoms with Crippen molar-refractivity contribution in [1.29, 1.82) is 0 Å². The molecule has 1 saturated heterocycles. The zero-order chi connectivity index (χ0) is 42.2. The first-order valence-electron chi connectivity index (χ1n) is 20.4. The number of ether oxygens (including phenoxy) is 1. The minimum absolute atomic E-state index is 0.00698. The summed E-state index contributed by atoms with van der Waals surface area (Å²) in [5, 5.41) is 19.8. The van der Waals surface area contributed by atoms with E-state index < -0.39 is 54.2 Å². The molecule has 15 nitrogen and oxygen atoms in total. The van der Waals surface area contributed by atoms with Gasteiger partial charge in [0.25, 0.3) is 5.91 Å². The Bertz CT molecular complexity index is 1750. The van der Waals surface area contributed by atoms with E-state index >= 15 is 0 Å². The first-order valence-corrected chi connectivity index (χ1v) is 20.4. The summed E-state index contributed by atoms with van der Waals surface area (Å²) in [5.74, 6) is -3.80. The van der Waals surface area contributed by atoms with E-state index in [1.807, 2.05) is 19.1 Å². The van der Waals surface area contributed by atoms with Crippen LogP contribution in [0.1, 0.15) is 93.9 Å². The van der Waals surface area contributed by atoms with Gasteiger partial charge in [0.15, 0.2) is 0 Å². The molecule has 1 saturated carbocycles. The van der Waals surface area contributed by atoms with Gasteiger partial charge in [0.1, 0.15) is 23.9 Å². The van der Waals surface area contributed by atoms with Gasteiger partial charge in [-0.1, -0.05) is 75.1 Å². The van der Waals surface area contributed by atoms with E-state index in [1.54, 1.807) is 57.4 Å². The molecule has 5 N–H and O–H groups in total. The fourth-order valence-electron chi connectivity index (χ4n) is 7.53. The Morgan fingerprint density at radius 1 is 0.897 bits per heavy atom.